The van der Waals surface area contributed by atoms with Gasteiger partial charge in [-0.05, 0) is 119 Å². The predicted octanol–water partition coefficient (Wildman–Crippen LogP) is 11.5. The number of fused-ring (bicyclic) bond motifs is 7. The van der Waals surface area contributed by atoms with Gasteiger partial charge >= 0.3 is 0 Å². The molecular formula is C60H40BNOSSi. The van der Waals surface area contributed by atoms with E-state index in [0.717, 1.165) is 22.8 Å². The lowest BCUT2D eigenvalue weighted by Gasteiger charge is -2.35. The van der Waals surface area contributed by atoms with Gasteiger partial charge in [-0.2, -0.15) is 11.6 Å². The Balaban J connectivity index is 1.21. The van der Waals surface area contributed by atoms with Gasteiger partial charge in [-0.1, -0.05) is 187 Å². The summed E-state index contributed by atoms with van der Waals surface area (Å²) in [4.78, 5) is -0.279. The van der Waals surface area contributed by atoms with Crippen LogP contribution in [-0.2, 0) is 0 Å². The molecule has 0 saturated carbocycles. The number of rotatable bonds is 7. The summed E-state index contributed by atoms with van der Waals surface area (Å²) in [6.45, 7) is 0. The predicted molar refractivity (Wildman–Crippen MR) is 278 cm³/mol. The highest BCUT2D eigenvalue weighted by molar-refractivity contribution is 8.28. The first-order valence-electron chi connectivity index (χ1n) is 37.8. The second-order valence-electron chi connectivity index (χ2n) is 14.3. The van der Waals surface area contributed by atoms with E-state index in [1.54, 1.807) is 0 Å². The van der Waals surface area contributed by atoms with E-state index < -0.39 is 320 Å². The molecule has 2 nitrogen and oxygen atoms in total. The van der Waals surface area contributed by atoms with Crippen LogP contribution in [0.3, 0.4) is 0 Å². The third-order valence-corrected chi connectivity index (χ3v) is 16.2. The molecule has 0 fully saturated rings. The summed E-state index contributed by atoms with van der Waals surface area (Å²) in [5, 5.41) is -5.73. The Labute approximate surface area is 436 Å². The van der Waals surface area contributed by atoms with Crippen LogP contribution < -0.4 is 36.4 Å². The Morgan fingerprint density at radius 3 is 1.77 bits per heavy atom. The molecule has 0 bridgehead atoms. The molecule has 5 heteroatoms. The van der Waals surface area contributed by atoms with Crippen LogP contribution in [0.1, 0.15) is 50.7 Å². The summed E-state index contributed by atoms with van der Waals surface area (Å²) in [5.74, 6) is -2.93. The fraction of sp³-hybridized carbons (Fsp3) is 0. The van der Waals surface area contributed by atoms with Crippen LogP contribution >= 0.6 is 11.6 Å². The normalized spacial score (nSPS) is 20.6. The summed E-state index contributed by atoms with van der Waals surface area (Å²) >= 11 is 0.669. The Morgan fingerprint density at radius 2 is 1.08 bits per heavy atom. The Morgan fingerprint density at radius 1 is 0.462 bits per heavy atom. The van der Waals surface area contributed by atoms with Gasteiger partial charge in [0.05, 0.1) is 61.8 Å². The molecule has 0 amide bonds. The lowest BCUT2D eigenvalue weighted by molar-refractivity contribution is 0.488. The van der Waals surface area contributed by atoms with Gasteiger partial charge in [-0.15, -0.1) is 0 Å². The zero-order valence-corrected chi connectivity index (χ0v) is 34.4. The minimum atomic E-state index is -6.56. The summed E-state index contributed by atoms with van der Waals surface area (Å²) in [6.07, 6.45) is 0. The number of hydrogen-bond acceptors (Lipinski definition) is 2. The van der Waals surface area contributed by atoms with E-state index in [2.05, 4.69) is 0 Å². The molecule has 13 rings (SSSR count). The van der Waals surface area contributed by atoms with Crippen molar-refractivity contribution in [3.63, 3.8) is 0 Å². The molecular weight excluding hydrogens is 822 g/mol. The molecule has 0 aliphatic carbocycles. The standard InChI is InChI=1S/C60H40BNOSSi/c1-4-21-46(22-5-1)65(47-23-6-2-7-24-47,48-25-8-3-9-26-48)49-27-17-19-42(37-49)44-39-53-52-38-43(34-35-59(52)64-61-54-30-12-15-33-57(54)63-58(40-44)60(53)61)41-18-16-20-45(36-41)62-55-31-13-10-28-50(55)51-29-11-14-32-56(51)62/h1-40H/i1D,2D,3D,4D,5D,6D,7D,8D,9D,10D,11D,12D,13D,14D,15D,17D,19D,20D,21D,22D,23D,24D,25D,26D,27D,28D,29D,30D,31D,32D,33D,34D,35D,36D,37D,39D,40D. The van der Waals surface area contributed by atoms with E-state index in [1.165, 1.54) is 0 Å². The minimum absolute atomic E-state index is 0.279. The van der Waals surface area contributed by atoms with E-state index in [0.29, 0.717) is 11.6 Å². The van der Waals surface area contributed by atoms with Gasteiger partial charge < -0.3 is 9.30 Å². The molecule has 2 aliphatic rings. The second kappa shape index (κ2) is 15.3. The molecule has 0 saturated heterocycles. The van der Waals surface area contributed by atoms with E-state index in [-0.39, 0.29) is 26.9 Å². The van der Waals surface area contributed by atoms with Gasteiger partial charge in [0.25, 0.3) is 5.99 Å². The Kier molecular flexibility index (Phi) is 3.80. The van der Waals surface area contributed by atoms with E-state index in [1.807, 2.05) is 0 Å². The average molecular weight is 899 g/mol. The molecule has 65 heavy (non-hydrogen) atoms. The molecule has 0 unspecified atom stereocenters. The van der Waals surface area contributed by atoms with Gasteiger partial charge in [0.1, 0.15) is 11.5 Å². The lowest BCUT2D eigenvalue weighted by Crippen LogP contribution is -2.74. The summed E-state index contributed by atoms with van der Waals surface area (Å²) in [5.41, 5.74) is -5.96. The first-order valence-corrected chi connectivity index (χ1v) is 22.2. The highest BCUT2D eigenvalue weighted by atomic mass is 32.2. The van der Waals surface area contributed by atoms with Crippen LogP contribution in [0.2, 0.25) is 0 Å². The van der Waals surface area contributed by atoms with Crippen LogP contribution in [0, 0.1) is 0 Å². The number of hydrogen-bond donors (Lipinski definition) is 0. The first-order chi connectivity index (χ1) is 47.6. The summed E-state index contributed by atoms with van der Waals surface area (Å²) in [6, 6.07) is -35.5. The minimum Gasteiger partial charge on any atom is -0.458 e. The summed E-state index contributed by atoms with van der Waals surface area (Å²) in [7, 11) is -6.56. The van der Waals surface area contributed by atoms with Crippen molar-refractivity contribution in [2.24, 2.45) is 0 Å². The van der Waals surface area contributed by atoms with Crippen LogP contribution in [0.15, 0.2) is 247 Å². The van der Waals surface area contributed by atoms with Gasteiger partial charge in [-0.3, -0.25) is 0 Å². The first kappa shape index (κ1) is 16.1. The van der Waals surface area contributed by atoms with Gasteiger partial charge in [0.2, 0.25) is 0 Å². The summed E-state index contributed by atoms with van der Waals surface area (Å²) < 4.78 is 352. The van der Waals surface area contributed by atoms with Crippen molar-refractivity contribution in [1.82, 2.24) is 4.57 Å². The maximum absolute atomic E-state index is 10.6. The van der Waals surface area contributed by atoms with Crippen LogP contribution in [-0.4, -0.2) is 18.6 Å². The highest BCUT2D eigenvalue weighted by Crippen LogP contribution is 2.46. The van der Waals surface area contributed by atoms with Gasteiger partial charge in [-0.25, -0.2) is 0 Å². The zero-order chi connectivity index (χ0) is 75.1. The Hall–Kier alpha value is -7.57. The fourth-order valence-corrected chi connectivity index (χ4v) is 13.0. The van der Waals surface area contributed by atoms with Crippen molar-refractivity contribution in [1.29, 1.82) is 0 Å². The van der Waals surface area contributed by atoms with Crippen LogP contribution in [0.5, 0.6) is 11.5 Å². The number of ether oxygens (including phenoxy) is 1. The highest BCUT2D eigenvalue weighted by Gasteiger charge is 2.42. The molecule has 0 atom stereocenters. The fourth-order valence-electron chi connectivity index (χ4n) is 8.16. The maximum Gasteiger partial charge on any atom is 0.289 e. The van der Waals surface area contributed by atoms with Crippen LogP contribution in [0.4, 0.5) is 0 Å². The molecule has 11 aromatic rings. The number of nitrogens with zero attached hydrogens (tertiary/aromatic N) is 1. The molecule has 0 spiro atoms. The molecule has 304 valence electrons. The van der Waals surface area contributed by atoms with Crippen molar-refractivity contribution in [3.8, 4) is 50.6 Å². The molecule has 3 heterocycles. The third-order valence-electron chi connectivity index (χ3n) is 10.9. The molecule has 0 N–H and O–H groups in total. The lowest BCUT2D eigenvalue weighted by atomic mass is 9.57. The number of aromatic nitrogens is 1. The topological polar surface area (TPSA) is 14.2 Å². The van der Waals surface area contributed by atoms with E-state index in [9.17, 15) is 23.3 Å². The number of para-hydroxylation sites is 3. The molecule has 10 aromatic carbocycles. The van der Waals surface area contributed by atoms with E-state index in [4.69, 9.17) is 32.2 Å². The average Bonchev–Trinajstić information content (AvgIpc) is 0.878. The van der Waals surface area contributed by atoms with Crippen molar-refractivity contribution >= 4 is 79.2 Å². The SMILES string of the molecule is [2H]c1ccc(-c2cc3c(c([2H])c2[2H])SB2c4c([2H])c([2H])c([2H])c([2H])c4Oc4c([2H])c(-c5c([2H])c([2H])c([2H])c([Si](c6c([2H])c([2H])c([2H])c([2H])c6[2H])(c6c([2H])c([2H])c([2H])c([2H])c6[2H])c6c([2H])c([2H])c([2H])c([2H])c6[2H])c5[2H])c([2H])c-3c42)c([2H])c1-n1c2c([2H])c([2H])c([2H])c([2H])c2c2c([2H])c([2H])c([2H])c([2H])c21. The smallest absolute Gasteiger partial charge is 0.289 e. The van der Waals surface area contributed by atoms with Crippen molar-refractivity contribution < 1.29 is 55.5 Å². The third kappa shape index (κ3) is 6.04. The van der Waals surface area contributed by atoms with Crippen LogP contribution in [0.25, 0.3) is 60.9 Å². The molecule has 0 radical (unpaired) electrons. The largest absolute Gasteiger partial charge is 0.458 e. The maximum atomic E-state index is 10.6. The van der Waals surface area contributed by atoms with Crippen molar-refractivity contribution in [2.75, 3.05) is 0 Å². The van der Waals surface area contributed by atoms with Gasteiger partial charge in [0, 0.05) is 21.4 Å². The molecule has 2 aliphatic heterocycles. The van der Waals surface area contributed by atoms with Crippen molar-refractivity contribution in [2.45, 2.75) is 4.90 Å². The van der Waals surface area contributed by atoms with Crippen molar-refractivity contribution in [3.05, 3.63) is 242 Å². The van der Waals surface area contributed by atoms with Gasteiger partial charge in [0.15, 0.2) is 8.07 Å². The number of benzene rings is 10. The Bertz CT molecular complexity index is 5510. The monoisotopic (exact) mass is 899 g/mol. The molecule has 1 aromatic heterocycles. The zero-order valence-electron chi connectivity index (χ0n) is 69.6. The quantitative estimate of drug-likeness (QED) is 0.117. The second-order valence-corrected chi connectivity index (χ2v) is 18.9. The van der Waals surface area contributed by atoms with E-state index >= 15 is 0 Å².